The summed E-state index contributed by atoms with van der Waals surface area (Å²) in [6.45, 7) is 1.04. The van der Waals surface area contributed by atoms with Crippen LogP contribution in [0.3, 0.4) is 0 Å². The zero-order valence-electron chi connectivity index (χ0n) is 8.16. The summed E-state index contributed by atoms with van der Waals surface area (Å²) in [6.07, 6.45) is -1.49. The Balaban J connectivity index is 1.94. The summed E-state index contributed by atoms with van der Waals surface area (Å²) in [6, 6.07) is 0. The lowest BCUT2D eigenvalue weighted by Gasteiger charge is -2.38. The summed E-state index contributed by atoms with van der Waals surface area (Å²) in [4.78, 5) is 0. The van der Waals surface area contributed by atoms with Crippen LogP contribution in [0.2, 0.25) is 0 Å². The molecule has 2 nitrogen and oxygen atoms in total. The second kappa shape index (κ2) is 4.49. The molecule has 1 fully saturated rings. The summed E-state index contributed by atoms with van der Waals surface area (Å²) in [5.74, 6) is 0. The van der Waals surface area contributed by atoms with Crippen LogP contribution in [-0.4, -0.2) is 24.8 Å². The van der Waals surface area contributed by atoms with E-state index in [1.165, 1.54) is 0 Å². The van der Waals surface area contributed by atoms with Gasteiger partial charge in [-0.3, -0.25) is 0 Å². The molecule has 0 aromatic heterocycles. The minimum Gasteiger partial charge on any atom is -0.324 e. The van der Waals surface area contributed by atoms with Crippen molar-refractivity contribution in [3.63, 3.8) is 0 Å². The van der Waals surface area contributed by atoms with Crippen LogP contribution in [0.4, 0.5) is 13.2 Å². The smallest absolute Gasteiger partial charge is 0.324 e. The molecule has 1 saturated carbocycles. The van der Waals surface area contributed by atoms with E-state index >= 15 is 0 Å². The van der Waals surface area contributed by atoms with Crippen molar-refractivity contribution in [2.75, 3.05) is 13.1 Å². The number of hydrogen-bond acceptors (Lipinski definition) is 2. The third kappa shape index (κ3) is 4.28. The number of alkyl halides is 3. The Labute approximate surface area is 82.0 Å². The molecule has 1 aliphatic carbocycles. The summed E-state index contributed by atoms with van der Waals surface area (Å²) < 4.78 is 35.2. The number of nitrogens with two attached hydrogens (primary N) is 1. The number of rotatable bonds is 5. The molecular formula is C9H17F3N2. The van der Waals surface area contributed by atoms with Gasteiger partial charge in [-0.05, 0) is 32.2 Å². The molecule has 0 atom stereocenters. The number of nitrogens with one attached hydrogen (secondary N) is 1. The fourth-order valence-electron chi connectivity index (χ4n) is 1.56. The molecule has 5 heteroatoms. The van der Waals surface area contributed by atoms with Crippen LogP contribution < -0.4 is 11.1 Å². The molecular weight excluding hydrogens is 193 g/mol. The number of hydrogen-bond donors (Lipinski definition) is 2. The summed E-state index contributed by atoms with van der Waals surface area (Å²) >= 11 is 0. The van der Waals surface area contributed by atoms with Crippen LogP contribution in [0.25, 0.3) is 0 Å². The van der Waals surface area contributed by atoms with Gasteiger partial charge < -0.3 is 11.1 Å². The zero-order chi connectivity index (χ0) is 10.7. The van der Waals surface area contributed by atoms with Crippen LogP contribution in [0, 0.1) is 0 Å². The molecule has 84 valence electrons. The summed E-state index contributed by atoms with van der Waals surface area (Å²) in [5.41, 5.74) is 5.75. The first-order valence-electron chi connectivity index (χ1n) is 4.98. The second-order valence-electron chi connectivity index (χ2n) is 4.11. The highest BCUT2D eigenvalue weighted by Crippen LogP contribution is 2.28. The first kappa shape index (κ1) is 11.8. The molecule has 1 rings (SSSR count). The monoisotopic (exact) mass is 210 g/mol. The topological polar surface area (TPSA) is 38.0 Å². The molecule has 3 N–H and O–H groups in total. The first-order chi connectivity index (χ1) is 6.41. The molecule has 0 aromatic carbocycles. The lowest BCUT2D eigenvalue weighted by Crippen LogP contribution is -2.54. The van der Waals surface area contributed by atoms with Gasteiger partial charge in [0.25, 0.3) is 0 Å². The molecule has 1 aliphatic rings. The van der Waals surface area contributed by atoms with Crippen molar-refractivity contribution >= 4 is 0 Å². The fourth-order valence-corrected chi connectivity index (χ4v) is 1.56. The Morgan fingerprint density at radius 3 is 2.36 bits per heavy atom. The molecule has 0 aliphatic heterocycles. The largest absolute Gasteiger partial charge is 0.389 e. The van der Waals surface area contributed by atoms with Crippen LogP contribution in [0.15, 0.2) is 0 Å². The molecule has 0 amide bonds. The van der Waals surface area contributed by atoms with Gasteiger partial charge in [0.05, 0.1) is 0 Å². The summed E-state index contributed by atoms with van der Waals surface area (Å²) in [5, 5.41) is 2.98. The molecule has 0 aromatic rings. The predicted octanol–water partition coefficient (Wildman–Crippen LogP) is 1.80. The van der Waals surface area contributed by atoms with E-state index in [-0.39, 0.29) is 12.0 Å². The molecule has 0 unspecified atom stereocenters. The molecule has 0 bridgehead atoms. The van der Waals surface area contributed by atoms with Crippen molar-refractivity contribution < 1.29 is 13.2 Å². The molecule has 0 spiro atoms. The van der Waals surface area contributed by atoms with Gasteiger partial charge in [-0.2, -0.15) is 13.2 Å². The van der Waals surface area contributed by atoms with Crippen molar-refractivity contribution in [3.05, 3.63) is 0 Å². The molecule has 0 heterocycles. The maximum Gasteiger partial charge on any atom is 0.389 e. The van der Waals surface area contributed by atoms with Gasteiger partial charge >= 0.3 is 6.18 Å². The van der Waals surface area contributed by atoms with Gasteiger partial charge in [-0.1, -0.05) is 0 Å². The van der Waals surface area contributed by atoms with E-state index in [0.717, 1.165) is 19.3 Å². The van der Waals surface area contributed by atoms with Gasteiger partial charge in [0, 0.05) is 18.5 Å². The average molecular weight is 210 g/mol. The highest BCUT2D eigenvalue weighted by Gasteiger charge is 2.32. The van der Waals surface area contributed by atoms with Crippen molar-refractivity contribution in [2.24, 2.45) is 5.73 Å². The second-order valence-corrected chi connectivity index (χ2v) is 4.11. The number of halogens is 3. The summed E-state index contributed by atoms with van der Waals surface area (Å²) in [7, 11) is 0. The van der Waals surface area contributed by atoms with Gasteiger partial charge in [0.15, 0.2) is 0 Å². The van der Waals surface area contributed by atoms with E-state index < -0.39 is 12.6 Å². The van der Waals surface area contributed by atoms with Crippen LogP contribution in [0.1, 0.15) is 32.1 Å². The van der Waals surface area contributed by atoms with E-state index in [0.29, 0.717) is 13.1 Å². The van der Waals surface area contributed by atoms with E-state index in [2.05, 4.69) is 5.32 Å². The minimum absolute atomic E-state index is 0.138. The molecule has 14 heavy (non-hydrogen) atoms. The maximum absolute atomic E-state index is 11.7. The molecule has 0 saturated heterocycles. The third-order valence-corrected chi connectivity index (χ3v) is 2.64. The van der Waals surface area contributed by atoms with Gasteiger partial charge in [-0.15, -0.1) is 0 Å². The Morgan fingerprint density at radius 1 is 1.29 bits per heavy atom. The average Bonchev–Trinajstić information content (AvgIpc) is 1.98. The Morgan fingerprint density at radius 2 is 1.93 bits per heavy atom. The van der Waals surface area contributed by atoms with Crippen molar-refractivity contribution in [3.8, 4) is 0 Å². The minimum atomic E-state index is -4.03. The van der Waals surface area contributed by atoms with Crippen LogP contribution in [-0.2, 0) is 0 Å². The van der Waals surface area contributed by atoms with E-state index in [4.69, 9.17) is 5.73 Å². The third-order valence-electron chi connectivity index (χ3n) is 2.64. The van der Waals surface area contributed by atoms with E-state index in [1.54, 1.807) is 0 Å². The Hall–Kier alpha value is -0.290. The lowest BCUT2D eigenvalue weighted by atomic mass is 9.78. The highest BCUT2D eigenvalue weighted by atomic mass is 19.4. The van der Waals surface area contributed by atoms with Crippen molar-refractivity contribution in [2.45, 2.75) is 43.8 Å². The predicted molar refractivity (Wildman–Crippen MR) is 48.9 cm³/mol. The quantitative estimate of drug-likeness (QED) is 0.679. The van der Waals surface area contributed by atoms with Gasteiger partial charge in [0.2, 0.25) is 0 Å². The van der Waals surface area contributed by atoms with Gasteiger partial charge in [-0.25, -0.2) is 0 Å². The normalized spacial score (nSPS) is 20.6. The standard InChI is InChI=1S/C9H17F3N2/c10-9(11,12)5-2-6-14-7-8(13)3-1-4-8/h14H,1-7,13H2. The van der Waals surface area contributed by atoms with Crippen LogP contribution >= 0.6 is 0 Å². The molecule has 0 radical (unpaired) electrons. The Bertz CT molecular complexity index is 175. The van der Waals surface area contributed by atoms with E-state index in [9.17, 15) is 13.2 Å². The lowest BCUT2D eigenvalue weighted by molar-refractivity contribution is -0.135. The Kier molecular flexibility index (Phi) is 3.78. The van der Waals surface area contributed by atoms with Crippen LogP contribution in [0.5, 0.6) is 0 Å². The fraction of sp³-hybridized carbons (Fsp3) is 1.00. The highest BCUT2D eigenvalue weighted by molar-refractivity contribution is 4.94. The maximum atomic E-state index is 11.7. The van der Waals surface area contributed by atoms with Crippen molar-refractivity contribution in [1.29, 1.82) is 0 Å². The SMILES string of the molecule is NC1(CNCCCC(F)(F)F)CCC1. The van der Waals surface area contributed by atoms with E-state index in [1.807, 2.05) is 0 Å². The first-order valence-corrected chi connectivity index (χ1v) is 4.98. The zero-order valence-corrected chi connectivity index (χ0v) is 8.16. The van der Waals surface area contributed by atoms with Gasteiger partial charge in [0.1, 0.15) is 0 Å². The van der Waals surface area contributed by atoms with Crippen molar-refractivity contribution in [1.82, 2.24) is 5.32 Å².